The zero-order chi connectivity index (χ0) is 18.3. The molecule has 2 unspecified atom stereocenters. The lowest BCUT2D eigenvalue weighted by Gasteiger charge is -2.44. The number of nitrogens with two attached hydrogens (primary N) is 1. The molecular formula is C22H33N3O. The number of rotatable bonds is 4. The van der Waals surface area contributed by atoms with Crippen molar-refractivity contribution in [3.05, 3.63) is 35.4 Å². The van der Waals surface area contributed by atoms with Gasteiger partial charge in [-0.15, -0.1) is 0 Å². The first-order chi connectivity index (χ1) is 12.5. The summed E-state index contributed by atoms with van der Waals surface area (Å²) in [5, 5.41) is 3.33. The van der Waals surface area contributed by atoms with E-state index in [0.717, 1.165) is 32.2 Å². The number of nitrogens with one attached hydrogen (secondary N) is 1. The fraction of sp³-hybridized carbons (Fsp3) is 0.682. The van der Waals surface area contributed by atoms with Crippen LogP contribution in [0.3, 0.4) is 0 Å². The second kappa shape index (κ2) is 6.97. The van der Waals surface area contributed by atoms with E-state index in [1.54, 1.807) is 0 Å². The fourth-order valence-corrected chi connectivity index (χ4v) is 5.67. The molecule has 142 valence electrons. The number of benzene rings is 1. The van der Waals surface area contributed by atoms with Crippen LogP contribution in [0.1, 0.15) is 43.2 Å². The molecule has 2 fully saturated rings. The summed E-state index contributed by atoms with van der Waals surface area (Å²) in [5.74, 6) is 1.52. The summed E-state index contributed by atoms with van der Waals surface area (Å²) in [4.78, 5) is 15.3. The molecule has 1 aromatic rings. The van der Waals surface area contributed by atoms with Crippen molar-refractivity contribution in [2.45, 2.75) is 56.5 Å². The van der Waals surface area contributed by atoms with E-state index in [4.69, 9.17) is 5.73 Å². The summed E-state index contributed by atoms with van der Waals surface area (Å²) >= 11 is 0. The van der Waals surface area contributed by atoms with Crippen LogP contribution < -0.4 is 11.1 Å². The number of hydrogen-bond acceptors (Lipinski definition) is 3. The first kappa shape index (κ1) is 18.0. The van der Waals surface area contributed by atoms with Crippen LogP contribution in [0, 0.1) is 17.8 Å². The molecule has 3 N–H and O–H groups in total. The zero-order valence-corrected chi connectivity index (χ0v) is 16.2. The third-order valence-corrected chi connectivity index (χ3v) is 7.48. The maximum absolute atomic E-state index is 13.0. The Morgan fingerprint density at radius 1 is 1.15 bits per heavy atom. The second-order valence-electron chi connectivity index (χ2n) is 9.16. The van der Waals surface area contributed by atoms with E-state index >= 15 is 0 Å². The van der Waals surface area contributed by atoms with E-state index in [0.29, 0.717) is 17.9 Å². The van der Waals surface area contributed by atoms with Crippen LogP contribution in [0.15, 0.2) is 24.3 Å². The fourth-order valence-electron chi connectivity index (χ4n) is 5.67. The molecule has 0 spiro atoms. The first-order valence-corrected chi connectivity index (χ1v) is 10.3. The molecule has 0 radical (unpaired) electrons. The Bertz CT molecular complexity index is 632. The number of hydrogen-bond donors (Lipinski definition) is 2. The van der Waals surface area contributed by atoms with Gasteiger partial charge in [0.05, 0.1) is 0 Å². The van der Waals surface area contributed by atoms with Gasteiger partial charge in [-0.1, -0.05) is 30.7 Å². The lowest BCUT2D eigenvalue weighted by molar-refractivity contribution is -0.128. The lowest BCUT2D eigenvalue weighted by atomic mass is 9.65. The Hall–Kier alpha value is -1.39. The largest absolute Gasteiger partial charge is 0.354 e. The van der Waals surface area contributed by atoms with Gasteiger partial charge in [-0.3, -0.25) is 4.79 Å². The van der Waals surface area contributed by atoms with Crippen LogP contribution in [0.4, 0.5) is 0 Å². The minimum absolute atomic E-state index is 0.000285. The minimum Gasteiger partial charge on any atom is -0.354 e. The number of carbonyl (C=O) groups is 1. The number of fused-ring (bicyclic) bond motifs is 3. The second-order valence-corrected chi connectivity index (χ2v) is 9.16. The summed E-state index contributed by atoms with van der Waals surface area (Å²) in [5.41, 5.74) is 9.24. The topological polar surface area (TPSA) is 58.4 Å². The van der Waals surface area contributed by atoms with Crippen molar-refractivity contribution in [2.75, 3.05) is 20.6 Å². The van der Waals surface area contributed by atoms with Gasteiger partial charge in [0.2, 0.25) is 5.91 Å². The molecule has 3 aliphatic rings. The lowest BCUT2D eigenvalue weighted by Crippen LogP contribution is -2.55. The van der Waals surface area contributed by atoms with Gasteiger partial charge in [-0.25, -0.2) is 0 Å². The van der Waals surface area contributed by atoms with Gasteiger partial charge in [0, 0.05) is 24.0 Å². The van der Waals surface area contributed by atoms with Crippen LogP contribution in [-0.2, 0) is 17.6 Å². The Morgan fingerprint density at radius 3 is 2.27 bits per heavy atom. The maximum Gasteiger partial charge on any atom is 0.223 e. The highest BCUT2D eigenvalue weighted by molar-refractivity contribution is 5.79. The van der Waals surface area contributed by atoms with Crippen molar-refractivity contribution in [2.24, 2.45) is 23.5 Å². The molecule has 2 bridgehead atoms. The Labute approximate surface area is 157 Å². The van der Waals surface area contributed by atoms with Gasteiger partial charge < -0.3 is 16.0 Å². The predicted octanol–water partition coefficient (Wildman–Crippen LogP) is 2.36. The van der Waals surface area contributed by atoms with E-state index in [2.05, 4.69) is 48.6 Å². The number of carbonyl (C=O) groups excluding carboxylic acids is 1. The number of nitrogens with zero attached hydrogens (tertiary/aromatic N) is 1. The smallest absolute Gasteiger partial charge is 0.223 e. The SMILES string of the molecule is CN(C)C1(CNC(=O)C2CC3CCCC(C2)C3N)Cc2ccccc2C1. The Kier molecular flexibility index (Phi) is 4.83. The summed E-state index contributed by atoms with van der Waals surface area (Å²) in [6.45, 7) is 0.728. The van der Waals surface area contributed by atoms with E-state index in [1.807, 2.05) is 0 Å². The van der Waals surface area contributed by atoms with Crippen LogP contribution in [0.25, 0.3) is 0 Å². The normalized spacial score (nSPS) is 32.3. The molecule has 2 saturated carbocycles. The van der Waals surface area contributed by atoms with Gasteiger partial charge in [-0.05, 0) is 75.6 Å². The third-order valence-electron chi connectivity index (χ3n) is 7.48. The summed E-state index contributed by atoms with van der Waals surface area (Å²) < 4.78 is 0. The van der Waals surface area contributed by atoms with Crippen molar-refractivity contribution in [3.63, 3.8) is 0 Å². The number of amides is 1. The molecule has 3 aliphatic carbocycles. The Morgan fingerprint density at radius 2 is 1.73 bits per heavy atom. The molecule has 2 atom stereocenters. The van der Waals surface area contributed by atoms with E-state index in [1.165, 1.54) is 30.4 Å². The average molecular weight is 356 g/mol. The molecule has 1 amide bonds. The van der Waals surface area contributed by atoms with Crippen LogP contribution in [0.2, 0.25) is 0 Å². The van der Waals surface area contributed by atoms with Gasteiger partial charge in [-0.2, -0.15) is 0 Å². The zero-order valence-electron chi connectivity index (χ0n) is 16.2. The molecular weight excluding hydrogens is 322 g/mol. The van der Waals surface area contributed by atoms with Crippen molar-refractivity contribution in [3.8, 4) is 0 Å². The third kappa shape index (κ3) is 3.18. The molecule has 0 heterocycles. The van der Waals surface area contributed by atoms with Crippen molar-refractivity contribution in [1.82, 2.24) is 10.2 Å². The summed E-state index contributed by atoms with van der Waals surface area (Å²) in [7, 11) is 4.28. The van der Waals surface area contributed by atoms with E-state index in [9.17, 15) is 4.79 Å². The summed E-state index contributed by atoms with van der Waals surface area (Å²) in [6.07, 6.45) is 7.70. The molecule has 0 aliphatic heterocycles. The predicted molar refractivity (Wildman–Crippen MR) is 105 cm³/mol. The van der Waals surface area contributed by atoms with Crippen LogP contribution >= 0.6 is 0 Å². The molecule has 0 saturated heterocycles. The van der Waals surface area contributed by atoms with E-state index < -0.39 is 0 Å². The molecule has 4 heteroatoms. The highest BCUT2D eigenvalue weighted by Gasteiger charge is 2.42. The monoisotopic (exact) mass is 355 g/mol. The highest BCUT2D eigenvalue weighted by Crippen LogP contribution is 2.42. The van der Waals surface area contributed by atoms with Crippen LogP contribution in [0.5, 0.6) is 0 Å². The summed E-state index contributed by atoms with van der Waals surface area (Å²) in [6, 6.07) is 9.02. The van der Waals surface area contributed by atoms with Crippen LogP contribution in [-0.4, -0.2) is 43.0 Å². The molecule has 1 aromatic carbocycles. The van der Waals surface area contributed by atoms with Gasteiger partial charge in [0.25, 0.3) is 0 Å². The van der Waals surface area contributed by atoms with Crippen molar-refractivity contribution < 1.29 is 4.79 Å². The standard InChI is InChI=1S/C22H33N3O/c1-25(2)22(12-17-6-3-4-7-18(17)13-22)14-24-21(26)19-10-15-8-5-9-16(11-19)20(15)23/h3-4,6-7,15-16,19-20H,5,8-14,23H2,1-2H3,(H,24,26). The molecule has 26 heavy (non-hydrogen) atoms. The average Bonchev–Trinajstić information content (AvgIpc) is 2.99. The van der Waals surface area contributed by atoms with Gasteiger partial charge >= 0.3 is 0 Å². The van der Waals surface area contributed by atoms with Crippen molar-refractivity contribution in [1.29, 1.82) is 0 Å². The maximum atomic E-state index is 13.0. The molecule has 4 nitrogen and oxygen atoms in total. The van der Waals surface area contributed by atoms with E-state index in [-0.39, 0.29) is 17.4 Å². The van der Waals surface area contributed by atoms with Crippen molar-refractivity contribution >= 4 is 5.91 Å². The minimum atomic E-state index is 0.000285. The number of likely N-dealkylation sites (N-methyl/N-ethyl adjacent to an activating group) is 1. The Balaban J connectivity index is 1.40. The van der Waals surface area contributed by atoms with Gasteiger partial charge in [0.1, 0.15) is 0 Å². The van der Waals surface area contributed by atoms with Gasteiger partial charge in [0.15, 0.2) is 0 Å². The highest BCUT2D eigenvalue weighted by atomic mass is 16.1. The first-order valence-electron chi connectivity index (χ1n) is 10.3. The quantitative estimate of drug-likeness (QED) is 0.872. The molecule has 4 rings (SSSR count). The molecule has 0 aromatic heterocycles.